The lowest BCUT2D eigenvalue weighted by molar-refractivity contribution is -0.661. The average Bonchev–Trinajstić information content (AvgIpc) is 0.753. The maximum absolute atomic E-state index is 8.72. The SMILES string of the molecule is [2H]c1c([2H])c([2H])c(-c2cc(-c3cc(C)c(C([2H])([2H])C(C)(C)C)c[n+]3C)c(C)cc2C([2H])([2H])[2H])c([2H])c1[2H].[2H]c1c([2H])c([2H])c(-c2cc(-c3cc(CC(C)(C)C)c(CC(C)(C)C)c[n+]3C)c(C)cc2C([2H])([2H])[2H])c([2H])c1[2H].[2H]c1c([2H])c([2H])c(-c2cc(-c3ccc(C([2H])([2H])C(C)(C)C)c[n+]3C)c(C)cc2C([2H])([2H])[2H])c([2H])c1[2H]. The molecule has 6 aromatic carbocycles. The number of aryl methyl sites for hydroxylation is 10. The van der Waals surface area contributed by atoms with E-state index in [2.05, 4.69) is 53.8 Å². The van der Waals surface area contributed by atoms with Gasteiger partial charge in [-0.05, 0) is 198 Å². The summed E-state index contributed by atoms with van der Waals surface area (Å²) in [5, 5.41) is 0. The van der Waals surface area contributed by atoms with Crippen molar-refractivity contribution in [3.8, 4) is 67.2 Å². The van der Waals surface area contributed by atoms with Crippen molar-refractivity contribution in [3.63, 3.8) is 0 Å². The molecule has 0 fully saturated rings. The van der Waals surface area contributed by atoms with E-state index in [1.54, 1.807) is 85.9 Å². The molecular formula is C81H102N3+3. The van der Waals surface area contributed by atoms with Crippen molar-refractivity contribution >= 4 is 0 Å². The Hall–Kier alpha value is -7.23. The van der Waals surface area contributed by atoms with Gasteiger partial charge in [0.2, 0.25) is 17.1 Å². The highest BCUT2D eigenvalue weighted by Gasteiger charge is 2.26. The molecule has 0 aliphatic carbocycles. The largest absolute Gasteiger partial charge is 0.212 e. The van der Waals surface area contributed by atoms with Gasteiger partial charge in [0, 0.05) is 69.4 Å². The van der Waals surface area contributed by atoms with Crippen LogP contribution in [0, 0.1) is 69.9 Å². The zero-order valence-electron chi connectivity index (χ0n) is 80.8. The third-order valence-corrected chi connectivity index (χ3v) is 13.8. The quantitative estimate of drug-likeness (QED) is 0.121. The number of hydrogen-bond acceptors (Lipinski definition) is 0. The fourth-order valence-corrected chi connectivity index (χ4v) is 10.2. The van der Waals surface area contributed by atoms with Crippen LogP contribution in [0.3, 0.4) is 0 Å². The third kappa shape index (κ3) is 17.2. The second-order valence-electron chi connectivity index (χ2n) is 26.5. The summed E-state index contributed by atoms with van der Waals surface area (Å²) in [4.78, 5) is 0. The molecule has 0 aliphatic heterocycles. The Morgan fingerprint density at radius 1 is 0.345 bits per heavy atom. The molecule has 3 heteroatoms. The van der Waals surface area contributed by atoms with Gasteiger partial charge in [-0.25, -0.2) is 13.7 Å². The molecule has 0 amide bonds. The van der Waals surface area contributed by atoms with Crippen molar-refractivity contribution in [3.05, 3.63) is 231 Å². The highest BCUT2D eigenvalue weighted by Crippen LogP contribution is 2.37. The van der Waals surface area contributed by atoms with Gasteiger partial charge in [0.05, 0.1) is 20.6 Å². The fourth-order valence-electron chi connectivity index (χ4n) is 10.2. The van der Waals surface area contributed by atoms with Crippen molar-refractivity contribution in [2.24, 2.45) is 42.8 Å². The van der Waals surface area contributed by atoms with E-state index in [4.69, 9.17) is 38.4 Å². The molecule has 0 unspecified atom stereocenters. The average molecular weight is 1150 g/mol. The summed E-state index contributed by atoms with van der Waals surface area (Å²) >= 11 is 0. The van der Waals surface area contributed by atoms with Gasteiger partial charge in [0.1, 0.15) is 21.1 Å². The second kappa shape index (κ2) is 26.4. The molecule has 0 atom stereocenters. The Balaban J connectivity index is 0.000000233. The Morgan fingerprint density at radius 2 is 0.702 bits per heavy atom. The molecule has 0 N–H and O–H groups in total. The molecule has 9 aromatic rings. The summed E-state index contributed by atoms with van der Waals surface area (Å²) in [7, 11) is 5.50. The maximum Gasteiger partial charge on any atom is 0.212 e. The van der Waals surface area contributed by atoms with E-state index in [1.165, 1.54) is 23.3 Å². The minimum absolute atomic E-state index is 0.0378. The number of pyridine rings is 3. The summed E-state index contributed by atoms with van der Waals surface area (Å²) < 4.78 is 236. The molecule has 3 heterocycles. The number of benzene rings is 6. The standard InChI is InChI=1S/C30H40N.C26H32N.C25H30N/c1-21-15-22(2)27(17-26(21)23-13-11-10-12-14-23)28-16-24(18-29(3,4)5)25(20-31(28)9)19-30(6,7)8;1-18-14-25(27(7)17-22(18)16-26(4,5)6)24-15-23(19(2)13-20(24)3)21-11-9-8-10-12-21;1-18-14-19(2)23(15-22(18)21-10-8-7-9-11-21)24-13-12-20(17-26(24)6)16-25(3,4)5/h10-17,20H,18-19H2,1-9H3;8-15,17H,16H2,1-7H3;7-15,17H,16H2,1-6H3/q3*+1/i1D3,10D,11D,12D,13D,14D;2D3,8D,9D,10D,11D,12D,16D2;1D3,7D,8D,9D,10D,11D,16D2. The summed E-state index contributed by atoms with van der Waals surface area (Å²) in [6, 6.07) is 9.32. The lowest BCUT2D eigenvalue weighted by atomic mass is 9.81. The van der Waals surface area contributed by atoms with Gasteiger partial charge in [0.25, 0.3) is 0 Å². The topological polar surface area (TPSA) is 11.6 Å². The van der Waals surface area contributed by atoms with Gasteiger partial charge in [-0.2, -0.15) is 0 Å². The Labute approximate surface area is 548 Å². The van der Waals surface area contributed by atoms with Crippen LogP contribution >= 0.6 is 0 Å². The first-order valence-electron chi connectivity index (χ1n) is 42.3. The lowest BCUT2D eigenvalue weighted by Crippen LogP contribution is -2.33. The highest BCUT2D eigenvalue weighted by atomic mass is 14.9. The number of rotatable bonds is 10. The van der Waals surface area contributed by atoms with Crippen LogP contribution in [0.1, 0.15) is 183 Å². The van der Waals surface area contributed by atoms with Crippen LogP contribution in [0.5, 0.6) is 0 Å². The first kappa shape index (κ1) is 35.9. The smallest absolute Gasteiger partial charge is 0.201 e. The monoisotopic (exact) mass is 1140 g/mol. The van der Waals surface area contributed by atoms with Crippen LogP contribution in [0.15, 0.2) is 170 Å². The molecule has 0 saturated carbocycles. The summed E-state index contributed by atoms with van der Waals surface area (Å²) in [6.07, 6.45) is 4.10. The second-order valence-corrected chi connectivity index (χ2v) is 26.5. The lowest BCUT2D eigenvalue weighted by Gasteiger charge is -2.24. The molecule has 0 radical (unpaired) electrons. The van der Waals surface area contributed by atoms with Crippen LogP contribution in [-0.4, -0.2) is 0 Å². The number of hydrogen-bond donors (Lipinski definition) is 0. The first-order valence-corrected chi connectivity index (χ1v) is 28.3. The molecule has 84 heavy (non-hydrogen) atoms. The van der Waals surface area contributed by atoms with Gasteiger partial charge in [-0.1, -0.05) is 192 Å². The van der Waals surface area contributed by atoms with E-state index < -0.39 is 135 Å². The van der Waals surface area contributed by atoms with Crippen molar-refractivity contribution in [2.45, 2.75) is 157 Å². The minimum Gasteiger partial charge on any atom is -0.201 e. The molecule has 0 saturated heterocycles. The van der Waals surface area contributed by atoms with Gasteiger partial charge >= 0.3 is 0 Å². The molecule has 0 aliphatic rings. The van der Waals surface area contributed by atoms with Crippen LogP contribution in [0.4, 0.5) is 0 Å². The molecule has 9 rings (SSSR count). The Morgan fingerprint density at radius 3 is 1.07 bits per heavy atom. The van der Waals surface area contributed by atoms with Gasteiger partial charge in [-0.3, -0.25) is 0 Å². The van der Waals surface area contributed by atoms with E-state index in [-0.39, 0.29) is 60.9 Å². The van der Waals surface area contributed by atoms with Crippen molar-refractivity contribution < 1.29 is 52.1 Å². The first-order chi connectivity index (χ1) is 50.6. The number of aromatic nitrogens is 3. The summed E-state index contributed by atoms with van der Waals surface area (Å²) in [6.45, 7) is 23.7. The summed E-state index contributed by atoms with van der Waals surface area (Å²) in [5.41, 5.74) is 8.75. The van der Waals surface area contributed by atoms with Crippen LogP contribution in [0.25, 0.3) is 67.2 Å². The van der Waals surface area contributed by atoms with E-state index >= 15 is 0 Å². The van der Waals surface area contributed by atoms with Gasteiger partial charge in [0.15, 0.2) is 18.6 Å². The molecule has 3 aromatic heterocycles. The zero-order valence-corrected chi connectivity index (χ0v) is 52.8. The van der Waals surface area contributed by atoms with E-state index in [0.717, 1.165) is 35.2 Å². The van der Waals surface area contributed by atoms with Crippen LogP contribution in [0.2, 0.25) is 0 Å². The molecule has 0 bridgehead atoms. The predicted molar refractivity (Wildman–Crippen MR) is 361 cm³/mol. The number of nitrogens with zero attached hydrogens (tertiary/aromatic N) is 3. The summed E-state index contributed by atoms with van der Waals surface area (Å²) in [5.74, 6) is 0. The Kier molecular flexibility index (Phi) is 11.3. The van der Waals surface area contributed by atoms with Crippen molar-refractivity contribution in [2.75, 3.05) is 0 Å². The normalized spacial score (nSPS) is 17.5. The Bertz CT molecular complexity index is 5100. The van der Waals surface area contributed by atoms with Crippen LogP contribution in [-0.2, 0) is 46.7 Å². The van der Waals surface area contributed by atoms with Crippen molar-refractivity contribution in [1.82, 2.24) is 0 Å². The van der Waals surface area contributed by atoms with Crippen molar-refractivity contribution in [1.29, 1.82) is 0 Å². The fraction of sp³-hybridized carbons (Fsp3) is 0.370. The van der Waals surface area contributed by atoms with Gasteiger partial charge < -0.3 is 0 Å². The molecule has 438 valence electrons. The minimum atomic E-state index is -2.59. The van der Waals surface area contributed by atoms with Gasteiger partial charge in [-0.15, -0.1) is 0 Å². The molecule has 3 nitrogen and oxygen atoms in total. The predicted octanol–water partition coefficient (Wildman–Crippen LogP) is 20.0. The third-order valence-electron chi connectivity index (χ3n) is 13.8. The van der Waals surface area contributed by atoms with E-state index in [0.29, 0.717) is 44.8 Å². The van der Waals surface area contributed by atoms with E-state index in [9.17, 15) is 0 Å². The van der Waals surface area contributed by atoms with E-state index in [1.807, 2.05) is 73.1 Å². The zero-order chi connectivity index (χ0) is 85.8. The maximum atomic E-state index is 8.72. The molecule has 0 spiro atoms. The molecular weight excluding hydrogens is 1010 g/mol. The van der Waals surface area contributed by atoms with Crippen LogP contribution < -0.4 is 13.7 Å². The highest BCUT2D eigenvalue weighted by molar-refractivity contribution is 5.78.